The van der Waals surface area contributed by atoms with Crippen molar-refractivity contribution < 1.29 is 37.0 Å². The summed E-state index contributed by atoms with van der Waals surface area (Å²) in [6, 6.07) is 1.39. The van der Waals surface area contributed by atoms with Crippen molar-refractivity contribution in [1.82, 2.24) is 0 Å². The zero-order valence-corrected chi connectivity index (χ0v) is 14.0. The van der Waals surface area contributed by atoms with Crippen molar-refractivity contribution in [1.29, 1.82) is 0 Å². The normalized spacial score (nSPS) is 18.1. The molecule has 10 heteroatoms. The molecule has 0 atom stereocenters. The zero-order chi connectivity index (χ0) is 20.1. The average molecular weight is 380 g/mol. The molecule has 0 spiro atoms. The van der Waals surface area contributed by atoms with Crippen LogP contribution in [0.4, 0.5) is 29.3 Å². The second-order valence-corrected chi connectivity index (χ2v) is 5.82. The topological polar surface area (TPSA) is 76.2 Å². The number of halogens is 3. The smallest absolute Gasteiger partial charge is 0.423 e. The number of amides is 3. The van der Waals surface area contributed by atoms with Crippen molar-refractivity contribution in [3.63, 3.8) is 0 Å². The van der Waals surface area contributed by atoms with Crippen LogP contribution in [0.2, 0.25) is 0 Å². The van der Waals surface area contributed by atoms with Gasteiger partial charge in [0, 0.05) is 6.07 Å². The van der Waals surface area contributed by atoms with Gasteiger partial charge in [0.05, 0.1) is 17.9 Å². The number of hydrogen-bond donors (Lipinski definition) is 0. The number of fused-ring (bicyclic) bond motifs is 1. The number of carbonyl (C=O) groups is 3. The number of hydrogen-bond acceptors (Lipinski definition) is 5. The zero-order valence-electron chi connectivity index (χ0n) is 14.0. The molecule has 2 aliphatic heterocycles. The van der Waals surface area contributed by atoms with Crippen molar-refractivity contribution in [3.8, 4) is 18.1 Å². The van der Waals surface area contributed by atoms with Crippen LogP contribution in [0.25, 0.3) is 0 Å². The van der Waals surface area contributed by atoms with Crippen molar-refractivity contribution in [2.24, 2.45) is 0 Å². The lowest BCUT2D eigenvalue weighted by Crippen LogP contribution is -2.51. The van der Waals surface area contributed by atoms with Gasteiger partial charge in [-0.1, -0.05) is 5.92 Å². The maximum absolute atomic E-state index is 14.5. The third-order valence-electron chi connectivity index (χ3n) is 3.77. The summed E-state index contributed by atoms with van der Waals surface area (Å²) in [6.07, 6.45) is -0.310. The van der Waals surface area contributed by atoms with Crippen molar-refractivity contribution in [2.45, 2.75) is 20.0 Å². The fourth-order valence-electron chi connectivity index (χ4n) is 2.58. The Labute approximate surface area is 150 Å². The van der Waals surface area contributed by atoms with E-state index >= 15 is 0 Å². The van der Waals surface area contributed by atoms with Crippen molar-refractivity contribution >= 4 is 29.3 Å². The van der Waals surface area contributed by atoms with Gasteiger partial charge in [-0.15, -0.1) is 6.42 Å². The number of anilines is 2. The Bertz CT molecular complexity index is 960. The third kappa shape index (κ3) is 2.77. The molecule has 0 bridgehead atoms. The van der Waals surface area contributed by atoms with E-state index in [1.165, 1.54) is 13.8 Å². The average Bonchev–Trinajstić information content (AvgIpc) is 2.86. The lowest BCUT2D eigenvalue weighted by atomic mass is 10.1. The highest BCUT2D eigenvalue weighted by Crippen LogP contribution is 2.43. The maximum Gasteiger partial charge on any atom is 0.483 e. The summed E-state index contributed by atoms with van der Waals surface area (Å²) >= 11 is 0. The van der Waals surface area contributed by atoms with Crippen LogP contribution >= 0.6 is 0 Å². The van der Waals surface area contributed by atoms with Gasteiger partial charge in [0.15, 0.2) is 17.3 Å². The summed E-state index contributed by atoms with van der Waals surface area (Å²) in [5, 5.41) is 0. The van der Waals surface area contributed by atoms with Gasteiger partial charge in [-0.2, -0.15) is 8.78 Å². The van der Waals surface area contributed by atoms with Gasteiger partial charge < -0.3 is 9.47 Å². The van der Waals surface area contributed by atoms with E-state index in [1.807, 2.05) is 5.92 Å². The largest absolute Gasteiger partial charge is 0.483 e. The van der Waals surface area contributed by atoms with E-state index in [1.54, 1.807) is 0 Å². The fraction of sp³-hybridized carbons (Fsp3) is 0.235. The number of allylic oxidation sites excluding steroid dienone is 1. The molecule has 1 aromatic carbocycles. The van der Waals surface area contributed by atoms with Crippen LogP contribution in [-0.4, -0.2) is 30.6 Å². The minimum absolute atomic E-state index is 0.281. The second kappa shape index (κ2) is 6.05. The first kappa shape index (κ1) is 18.3. The number of carbonyl (C=O) groups excluding carboxylic acids is 3. The number of benzene rings is 1. The van der Waals surface area contributed by atoms with E-state index in [4.69, 9.17) is 11.2 Å². The Kier molecular flexibility index (Phi) is 4.10. The van der Waals surface area contributed by atoms with Gasteiger partial charge in [0.2, 0.25) is 0 Å². The Morgan fingerprint density at radius 3 is 2.44 bits per heavy atom. The molecule has 1 saturated heterocycles. The molecule has 0 N–H and O–H groups in total. The molecule has 0 radical (unpaired) electrons. The van der Waals surface area contributed by atoms with Crippen LogP contribution in [-0.2, 0) is 14.3 Å². The first-order valence-electron chi connectivity index (χ1n) is 7.48. The van der Waals surface area contributed by atoms with E-state index < -0.39 is 47.8 Å². The summed E-state index contributed by atoms with van der Waals surface area (Å²) < 4.78 is 50.9. The predicted molar refractivity (Wildman–Crippen MR) is 85.5 cm³/mol. The first-order chi connectivity index (χ1) is 12.6. The SMILES string of the molecule is C#CCN1C(=O)C(F)(F)Oc2cc(F)c(N3C(=O)OC(=C(C)C)C3=O)cc21. The molecule has 1 aromatic rings. The van der Waals surface area contributed by atoms with E-state index in [2.05, 4.69) is 4.74 Å². The van der Waals surface area contributed by atoms with Gasteiger partial charge in [-0.05, 0) is 25.5 Å². The highest BCUT2D eigenvalue weighted by atomic mass is 19.3. The maximum atomic E-state index is 14.5. The molecular formula is C17H11F3N2O5. The molecular weight excluding hydrogens is 369 g/mol. The minimum atomic E-state index is -4.24. The monoisotopic (exact) mass is 380 g/mol. The Morgan fingerprint density at radius 1 is 1.22 bits per heavy atom. The Morgan fingerprint density at radius 2 is 1.89 bits per heavy atom. The van der Waals surface area contributed by atoms with Crippen molar-refractivity contribution in [2.75, 3.05) is 16.3 Å². The molecule has 1 fully saturated rings. The van der Waals surface area contributed by atoms with Crippen LogP contribution in [0.15, 0.2) is 23.5 Å². The molecule has 0 saturated carbocycles. The molecule has 0 unspecified atom stereocenters. The van der Waals surface area contributed by atoms with Crippen LogP contribution in [0.1, 0.15) is 13.8 Å². The summed E-state index contributed by atoms with van der Waals surface area (Å²) in [5.41, 5.74) is -0.531. The van der Waals surface area contributed by atoms with E-state index in [0.717, 1.165) is 6.07 Å². The van der Waals surface area contributed by atoms with Crippen molar-refractivity contribution in [3.05, 3.63) is 29.3 Å². The van der Waals surface area contributed by atoms with Crippen LogP contribution in [0.5, 0.6) is 5.75 Å². The molecule has 2 heterocycles. The highest BCUT2D eigenvalue weighted by Gasteiger charge is 2.51. The molecule has 140 valence electrons. The van der Waals surface area contributed by atoms with Crippen LogP contribution in [0, 0.1) is 18.2 Å². The molecule has 7 nitrogen and oxygen atoms in total. The van der Waals surface area contributed by atoms with E-state index in [9.17, 15) is 27.6 Å². The van der Waals surface area contributed by atoms with Gasteiger partial charge in [-0.3, -0.25) is 14.5 Å². The lowest BCUT2D eigenvalue weighted by Gasteiger charge is -2.33. The third-order valence-corrected chi connectivity index (χ3v) is 3.77. The molecule has 2 aliphatic rings. The van der Waals surface area contributed by atoms with Gasteiger partial charge in [0.25, 0.3) is 0 Å². The Hall–Kier alpha value is -3.48. The first-order valence-corrected chi connectivity index (χ1v) is 7.48. The molecule has 27 heavy (non-hydrogen) atoms. The summed E-state index contributed by atoms with van der Waals surface area (Å²) in [7, 11) is 0. The van der Waals surface area contributed by atoms with E-state index in [0.29, 0.717) is 21.4 Å². The van der Waals surface area contributed by atoms with Gasteiger partial charge in [0.1, 0.15) is 0 Å². The number of imide groups is 1. The van der Waals surface area contributed by atoms with Crippen LogP contribution in [0.3, 0.4) is 0 Å². The molecule has 3 amide bonds. The standard InChI is InChI=1S/C17H11F3N2O5/c1-4-5-21-11-7-10(22-14(23)13(8(2)3)26-16(22)25)9(18)6-12(11)27-17(19,20)15(21)24/h1,6-7H,5H2,2-3H3. The van der Waals surface area contributed by atoms with Gasteiger partial charge in [-0.25, -0.2) is 14.1 Å². The highest BCUT2D eigenvalue weighted by molar-refractivity contribution is 6.24. The van der Waals surface area contributed by atoms with E-state index in [-0.39, 0.29) is 11.4 Å². The number of alkyl halides is 2. The lowest BCUT2D eigenvalue weighted by molar-refractivity contribution is -0.192. The quantitative estimate of drug-likeness (QED) is 0.582. The number of ether oxygens (including phenoxy) is 2. The fourth-order valence-corrected chi connectivity index (χ4v) is 2.58. The van der Waals surface area contributed by atoms with Gasteiger partial charge >= 0.3 is 24.0 Å². The number of rotatable bonds is 2. The number of terminal acetylenes is 1. The summed E-state index contributed by atoms with van der Waals surface area (Å²) in [5.74, 6) is -2.82. The number of cyclic esters (lactones) is 1. The minimum Gasteiger partial charge on any atom is -0.423 e. The molecule has 3 rings (SSSR count). The Balaban J connectivity index is 2.16. The summed E-state index contributed by atoms with van der Waals surface area (Å²) in [4.78, 5) is 37.1. The number of nitrogens with zero attached hydrogens (tertiary/aromatic N) is 2. The summed E-state index contributed by atoms with van der Waals surface area (Å²) in [6.45, 7) is 2.46. The predicted octanol–water partition coefficient (Wildman–Crippen LogP) is 2.55. The molecule has 0 aliphatic carbocycles. The molecule has 0 aromatic heterocycles. The second-order valence-electron chi connectivity index (χ2n) is 5.82. The van der Waals surface area contributed by atoms with Crippen LogP contribution < -0.4 is 14.5 Å².